The molecule has 0 spiro atoms. The summed E-state index contributed by atoms with van der Waals surface area (Å²) in [5, 5.41) is 1.83. The van der Waals surface area contributed by atoms with Crippen LogP contribution in [0.3, 0.4) is 0 Å². The van der Waals surface area contributed by atoms with Crippen molar-refractivity contribution in [2.45, 2.75) is 4.90 Å². The van der Waals surface area contributed by atoms with Crippen molar-refractivity contribution in [2.24, 2.45) is 0 Å². The van der Waals surface area contributed by atoms with Gasteiger partial charge in [-0.2, -0.15) is 4.31 Å². The molecule has 0 radical (unpaired) electrons. The fraction of sp³-hybridized carbons (Fsp3) is 0.160. The maximum Gasteiger partial charge on any atom is 0.255 e. The molecular formula is C25H21BrN4O3S. The third-order valence-corrected chi connectivity index (χ3v) is 8.31. The summed E-state index contributed by atoms with van der Waals surface area (Å²) in [5.74, 6) is -0.151. The predicted octanol–water partition coefficient (Wildman–Crippen LogP) is 4.21. The second-order valence-corrected chi connectivity index (χ2v) is 10.9. The van der Waals surface area contributed by atoms with Crippen LogP contribution in [0.25, 0.3) is 22.0 Å². The van der Waals surface area contributed by atoms with Crippen LogP contribution in [0.2, 0.25) is 0 Å². The number of sulfonamides is 1. The van der Waals surface area contributed by atoms with Crippen molar-refractivity contribution in [3.63, 3.8) is 0 Å². The first kappa shape index (κ1) is 22.6. The van der Waals surface area contributed by atoms with E-state index in [0.29, 0.717) is 18.7 Å². The van der Waals surface area contributed by atoms with Gasteiger partial charge >= 0.3 is 0 Å². The minimum absolute atomic E-state index is 0.151. The van der Waals surface area contributed by atoms with Gasteiger partial charge in [-0.25, -0.2) is 8.42 Å². The first-order chi connectivity index (χ1) is 16.4. The van der Waals surface area contributed by atoms with Crippen molar-refractivity contribution in [1.82, 2.24) is 19.2 Å². The molecule has 2 aromatic heterocycles. The van der Waals surface area contributed by atoms with E-state index in [4.69, 9.17) is 0 Å². The number of carbonyl (C=O) groups excluding carboxylic acids is 1. The van der Waals surface area contributed by atoms with Gasteiger partial charge in [0, 0.05) is 54.8 Å². The van der Waals surface area contributed by atoms with Crippen LogP contribution in [0.4, 0.5) is 0 Å². The number of benzene rings is 2. The van der Waals surface area contributed by atoms with Crippen LogP contribution in [0.1, 0.15) is 10.4 Å². The van der Waals surface area contributed by atoms with Crippen LogP contribution in [-0.2, 0) is 10.0 Å². The lowest BCUT2D eigenvalue weighted by atomic mass is 10.1. The number of piperazine rings is 1. The number of nitrogens with zero attached hydrogens (tertiary/aromatic N) is 4. The number of hydrogen-bond acceptors (Lipinski definition) is 5. The van der Waals surface area contributed by atoms with Gasteiger partial charge in [-0.05, 0) is 59.3 Å². The van der Waals surface area contributed by atoms with E-state index < -0.39 is 10.0 Å². The molecule has 34 heavy (non-hydrogen) atoms. The highest BCUT2D eigenvalue weighted by Gasteiger charge is 2.30. The van der Waals surface area contributed by atoms with Crippen molar-refractivity contribution in [3.8, 4) is 11.3 Å². The molecule has 1 fully saturated rings. The first-order valence-electron chi connectivity index (χ1n) is 10.8. The van der Waals surface area contributed by atoms with Gasteiger partial charge in [0.25, 0.3) is 5.91 Å². The quantitative estimate of drug-likeness (QED) is 0.390. The number of amides is 1. The number of carbonyl (C=O) groups is 1. The molecule has 5 rings (SSSR count). The van der Waals surface area contributed by atoms with Crippen molar-refractivity contribution >= 4 is 42.6 Å². The Bertz CT molecular complexity index is 1450. The van der Waals surface area contributed by atoms with Gasteiger partial charge in [0.1, 0.15) is 0 Å². The molecule has 0 saturated carbocycles. The number of rotatable bonds is 4. The van der Waals surface area contributed by atoms with Gasteiger partial charge in [-0.3, -0.25) is 14.8 Å². The Morgan fingerprint density at radius 3 is 2.26 bits per heavy atom. The smallest absolute Gasteiger partial charge is 0.255 e. The molecule has 1 aliphatic heterocycles. The maximum atomic E-state index is 13.2. The highest BCUT2D eigenvalue weighted by atomic mass is 79.9. The summed E-state index contributed by atoms with van der Waals surface area (Å²) < 4.78 is 28.8. The Hall–Kier alpha value is -3.14. The Balaban J connectivity index is 1.27. The Labute approximate surface area is 206 Å². The Kier molecular flexibility index (Phi) is 6.16. The van der Waals surface area contributed by atoms with E-state index in [1.54, 1.807) is 41.7 Å². The highest BCUT2D eigenvalue weighted by Crippen LogP contribution is 2.25. The van der Waals surface area contributed by atoms with Gasteiger partial charge in [-0.15, -0.1) is 0 Å². The maximum absolute atomic E-state index is 13.2. The summed E-state index contributed by atoms with van der Waals surface area (Å²) in [6, 6.07) is 18.2. The van der Waals surface area contributed by atoms with E-state index in [9.17, 15) is 13.2 Å². The van der Waals surface area contributed by atoms with E-state index in [-0.39, 0.29) is 23.9 Å². The summed E-state index contributed by atoms with van der Waals surface area (Å²) >= 11 is 3.44. The molecule has 0 N–H and O–H groups in total. The monoisotopic (exact) mass is 536 g/mol. The van der Waals surface area contributed by atoms with Gasteiger partial charge in [0.15, 0.2) is 0 Å². The predicted molar refractivity (Wildman–Crippen MR) is 134 cm³/mol. The lowest BCUT2D eigenvalue weighted by Crippen LogP contribution is -2.50. The van der Waals surface area contributed by atoms with Crippen molar-refractivity contribution in [3.05, 3.63) is 89.3 Å². The Morgan fingerprint density at radius 2 is 1.56 bits per heavy atom. The molecule has 4 aromatic rings. The summed E-state index contributed by atoms with van der Waals surface area (Å²) in [4.78, 5) is 23.3. The zero-order valence-electron chi connectivity index (χ0n) is 18.1. The molecule has 3 heterocycles. The number of hydrogen-bond donors (Lipinski definition) is 0. The molecule has 1 aliphatic rings. The minimum Gasteiger partial charge on any atom is -0.336 e. The largest absolute Gasteiger partial charge is 0.336 e. The average Bonchev–Trinajstić information content (AvgIpc) is 2.88. The standard InChI is InChI=1S/C25H21BrN4O3S/c26-22-4-1-20-16-23(5-2-19(20)15-22)34(32,33)30-13-11-29(12-14-30)25(31)21-3-6-24(28-17-21)18-7-9-27-10-8-18/h1-10,15-17H,11-14H2. The Morgan fingerprint density at radius 1 is 0.853 bits per heavy atom. The topological polar surface area (TPSA) is 83.5 Å². The molecule has 9 heteroatoms. The van der Waals surface area contributed by atoms with E-state index in [0.717, 1.165) is 26.5 Å². The molecule has 2 aromatic carbocycles. The summed E-state index contributed by atoms with van der Waals surface area (Å²) in [6.07, 6.45) is 4.95. The summed E-state index contributed by atoms with van der Waals surface area (Å²) in [6.45, 7) is 1.14. The van der Waals surface area contributed by atoms with Crippen molar-refractivity contribution < 1.29 is 13.2 Å². The highest BCUT2D eigenvalue weighted by molar-refractivity contribution is 9.10. The third-order valence-electron chi connectivity index (χ3n) is 5.92. The van der Waals surface area contributed by atoms with Crippen molar-refractivity contribution in [2.75, 3.05) is 26.2 Å². The van der Waals surface area contributed by atoms with Gasteiger partial charge in [0.2, 0.25) is 10.0 Å². The first-order valence-corrected chi connectivity index (χ1v) is 13.0. The van der Waals surface area contributed by atoms with Crippen LogP contribution in [0.5, 0.6) is 0 Å². The van der Waals surface area contributed by atoms with Crippen LogP contribution in [0.15, 0.2) is 88.6 Å². The molecule has 0 bridgehead atoms. The second-order valence-electron chi connectivity index (χ2n) is 8.02. The minimum atomic E-state index is -3.65. The second kappa shape index (κ2) is 9.25. The number of pyridine rings is 2. The van der Waals surface area contributed by atoms with Crippen LogP contribution in [0, 0.1) is 0 Å². The molecule has 7 nitrogen and oxygen atoms in total. The fourth-order valence-electron chi connectivity index (χ4n) is 4.03. The summed E-state index contributed by atoms with van der Waals surface area (Å²) in [7, 11) is -3.65. The number of halogens is 1. The SMILES string of the molecule is O=C(c1ccc(-c2ccncc2)nc1)N1CCN(S(=O)(=O)c2ccc3cc(Br)ccc3c2)CC1. The molecular weight excluding hydrogens is 516 g/mol. The zero-order chi connectivity index (χ0) is 23.7. The van der Waals surface area contributed by atoms with Crippen LogP contribution < -0.4 is 0 Å². The van der Waals surface area contributed by atoms with Gasteiger partial charge < -0.3 is 4.90 Å². The fourth-order valence-corrected chi connectivity index (χ4v) is 5.87. The van der Waals surface area contributed by atoms with Gasteiger partial charge in [-0.1, -0.05) is 28.1 Å². The number of aromatic nitrogens is 2. The average molecular weight is 537 g/mol. The van der Waals surface area contributed by atoms with Crippen LogP contribution in [-0.4, -0.2) is 59.7 Å². The third kappa shape index (κ3) is 4.46. The normalized spacial score (nSPS) is 14.9. The number of fused-ring (bicyclic) bond motifs is 1. The lowest BCUT2D eigenvalue weighted by molar-refractivity contribution is 0.0697. The molecule has 0 aliphatic carbocycles. The van der Waals surface area contributed by atoms with Crippen LogP contribution >= 0.6 is 15.9 Å². The van der Waals surface area contributed by atoms with E-state index in [1.165, 1.54) is 4.31 Å². The molecule has 1 saturated heterocycles. The molecule has 172 valence electrons. The molecule has 1 amide bonds. The molecule has 0 unspecified atom stereocenters. The van der Waals surface area contributed by atoms with E-state index in [2.05, 4.69) is 25.9 Å². The van der Waals surface area contributed by atoms with E-state index >= 15 is 0 Å². The molecule has 0 atom stereocenters. The lowest BCUT2D eigenvalue weighted by Gasteiger charge is -2.34. The van der Waals surface area contributed by atoms with E-state index in [1.807, 2.05) is 42.5 Å². The zero-order valence-corrected chi connectivity index (χ0v) is 20.5. The van der Waals surface area contributed by atoms with Crippen molar-refractivity contribution in [1.29, 1.82) is 0 Å². The summed E-state index contributed by atoms with van der Waals surface area (Å²) in [5.41, 5.74) is 2.17. The van der Waals surface area contributed by atoms with Gasteiger partial charge in [0.05, 0.1) is 16.2 Å².